The van der Waals surface area contributed by atoms with E-state index in [1.807, 2.05) is 17.4 Å². The van der Waals surface area contributed by atoms with Crippen molar-refractivity contribution in [2.75, 3.05) is 0 Å². The van der Waals surface area contributed by atoms with Gasteiger partial charge in [0.15, 0.2) is 0 Å². The van der Waals surface area contributed by atoms with Gasteiger partial charge in [0.25, 0.3) is 0 Å². The molecule has 2 nitrogen and oxygen atoms in total. The highest BCUT2D eigenvalue weighted by molar-refractivity contribution is 7.26. The Morgan fingerprint density at radius 1 is 0.617 bits per heavy atom. The first-order chi connectivity index (χ1) is 23.2. The molecule has 0 aliphatic heterocycles. The average Bonchev–Trinajstić information content (AvgIpc) is 3.69. The lowest BCUT2D eigenvalue weighted by molar-refractivity contribution is 1.16. The van der Waals surface area contributed by atoms with Crippen molar-refractivity contribution >= 4 is 76.2 Å². The van der Waals surface area contributed by atoms with E-state index in [2.05, 4.69) is 164 Å². The summed E-state index contributed by atoms with van der Waals surface area (Å²) in [6, 6.07) is 47.7. The smallest absolute Gasteiger partial charge is 0.0730 e. The predicted octanol–water partition coefficient (Wildman–Crippen LogP) is 12.7. The highest BCUT2D eigenvalue weighted by Gasteiger charge is 2.24. The number of allylic oxidation sites excluding steroid dienone is 1. The average molecular weight is 619 g/mol. The Morgan fingerprint density at radius 3 is 1.89 bits per heavy atom. The monoisotopic (exact) mass is 618 g/mol. The van der Waals surface area contributed by atoms with Gasteiger partial charge in [-0.3, -0.25) is 0 Å². The molecule has 0 atom stereocenters. The van der Waals surface area contributed by atoms with Gasteiger partial charge >= 0.3 is 0 Å². The third kappa shape index (κ3) is 4.21. The molecule has 9 aromatic rings. The summed E-state index contributed by atoms with van der Waals surface area (Å²) in [6.07, 6.45) is 6.44. The first-order valence-electron chi connectivity index (χ1n) is 16.0. The van der Waals surface area contributed by atoms with Crippen LogP contribution >= 0.6 is 11.3 Å². The third-order valence-electron chi connectivity index (χ3n) is 9.25. The largest absolute Gasteiger partial charge is 0.308 e. The van der Waals surface area contributed by atoms with E-state index in [1.54, 1.807) is 0 Å². The van der Waals surface area contributed by atoms with Gasteiger partial charge in [-0.25, -0.2) is 4.98 Å². The number of nitrogens with zero attached hydrogens (tertiary/aromatic N) is 2. The predicted molar refractivity (Wildman–Crippen MR) is 205 cm³/mol. The van der Waals surface area contributed by atoms with Gasteiger partial charge in [-0.2, -0.15) is 0 Å². The molecule has 0 unspecified atom stereocenters. The zero-order valence-corrected chi connectivity index (χ0v) is 26.8. The van der Waals surface area contributed by atoms with E-state index in [9.17, 15) is 0 Å². The lowest BCUT2D eigenvalue weighted by Gasteiger charge is -2.16. The molecule has 0 radical (unpaired) electrons. The van der Waals surface area contributed by atoms with E-state index in [4.69, 9.17) is 4.98 Å². The van der Waals surface area contributed by atoms with Crippen LogP contribution < -0.4 is 0 Å². The molecule has 0 saturated heterocycles. The summed E-state index contributed by atoms with van der Waals surface area (Å²) in [6.45, 7) is 6.42. The topological polar surface area (TPSA) is 17.8 Å². The fraction of sp³-hybridized carbons (Fsp3) is 0.0227. The Bertz CT molecular complexity index is 2640. The van der Waals surface area contributed by atoms with Crippen LogP contribution in [0.1, 0.15) is 18.1 Å². The number of benzene rings is 6. The maximum Gasteiger partial charge on any atom is 0.0730 e. The van der Waals surface area contributed by atoms with E-state index >= 15 is 0 Å². The number of hydrogen-bond donors (Lipinski definition) is 0. The Kier molecular flexibility index (Phi) is 6.41. The van der Waals surface area contributed by atoms with Crippen molar-refractivity contribution in [1.82, 2.24) is 9.55 Å². The van der Waals surface area contributed by atoms with E-state index in [0.29, 0.717) is 0 Å². The van der Waals surface area contributed by atoms with Gasteiger partial charge in [0.2, 0.25) is 0 Å². The highest BCUT2D eigenvalue weighted by atomic mass is 32.1. The van der Waals surface area contributed by atoms with Crippen LogP contribution in [0.15, 0.2) is 146 Å². The van der Waals surface area contributed by atoms with Crippen molar-refractivity contribution in [1.29, 1.82) is 0 Å². The van der Waals surface area contributed by atoms with Gasteiger partial charge in [-0.05, 0) is 47.7 Å². The van der Waals surface area contributed by atoms with Gasteiger partial charge in [-0.1, -0.05) is 134 Å². The second-order valence-electron chi connectivity index (χ2n) is 11.9. The molecule has 3 aromatic heterocycles. The van der Waals surface area contributed by atoms with Gasteiger partial charge < -0.3 is 4.57 Å². The molecular weight excluding hydrogens is 589 g/mol. The van der Waals surface area contributed by atoms with E-state index < -0.39 is 0 Å². The minimum atomic E-state index is 0.945. The van der Waals surface area contributed by atoms with Crippen LogP contribution in [0.25, 0.3) is 93.1 Å². The number of pyridine rings is 1. The van der Waals surface area contributed by atoms with Crippen LogP contribution in [-0.4, -0.2) is 9.55 Å². The number of fused-ring (bicyclic) bond motifs is 9. The van der Waals surface area contributed by atoms with Crippen molar-refractivity contribution in [3.8, 4) is 28.2 Å². The zero-order chi connectivity index (χ0) is 31.5. The molecule has 3 heteroatoms. The highest BCUT2D eigenvalue weighted by Crippen LogP contribution is 2.48. The molecule has 3 heterocycles. The van der Waals surface area contributed by atoms with Gasteiger partial charge in [0.05, 0.1) is 28.1 Å². The zero-order valence-electron chi connectivity index (χ0n) is 25.9. The molecule has 0 spiro atoms. The molecule has 0 fully saturated rings. The van der Waals surface area contributed by atoms with Gasteiger partial charge in [-0.15, -0.1) is 11.3 Å². The lowest BCUT2D eigenvalue weighted by Crippen LogP contribution is -1.99. The normalized spacial score (nSPS) is 11.9. The maximum absolute atomic E-state index is 5.22. The summed E-state index contributed by atoms with van der Waals surface area (Å²) < 4.78 is 5.09. The summed E-state index contributed by atoms with van der Waals surface area (Å²) in [4.78, 5) is 5.22. The van der Waals surface area contributed by atoms with Crippen LogP contribution in [0.4, 0.5) is 0 Å². The van der Waals surface area contributed by atoms with E-state index in [1.165, 1.54) is 58.3 Å². The molecule has 0 bridgehead atoms. The van der Waals surface area contributed by atoms with Gasteiger partial charge in [0.1, 0.15) is 0 Å². The number of hydrogen-bond acceptors (Lipinski definition) is 2. The van der Waals surface area contributed by atoms with Crippen LogP contribution in [0.5, 0.6) is 0 Å². The second-order valence-corrected chi connectivity index (χ2v) is 13.0. The maximum atomic E-state index is 5.22. The molecule has 0 amide bonds. The number of rotatable bonds is 5. The second kappa shape index (κ2) is 10.9. The molecule has 47 heavy (non-hydrogen) atoms. The first kappa shape index (κ1) is 27.5. The third-order valence-corrected chi connectivity index (χ3v) is 10.5. The fourth-order valence-electron chi connectivity index (χ4n) is 7.27. The van der Waals surface area contributed by atoms with Crippen molar-refractivity contribution in [2.45, 2.75) is 6.92 Å². The van der Waals surface area contributed by atoms with Crippen molar-refractivity contribution in [3.63, 3.8) is 0 Å². The molecule has 0 N–H and O–H groups in total. The Balaban J connectivity index is 1.53. The van der Waals surface area contributed by atoms with Crippen molar-refractivity contribution in [3.05, 3.63) is 157 Å². The van der Waals surface area contributed by atoms with Crippen LogP contribution in [0.2, 0.25) is 0 Å². The Hall–Kier alpha value is -5.77. The Morgan fingerprint density at radius 2 is 1.23 bits per heavy atom. The molecule has 6 aromatic carbocycles. The summed E-state index contributed by atoms with van der Waals surface area (Å²) in [5.74, 6) is 0. The molecule has 0 aliphatic carbocycles. The van der Waals surface area contributed by atoms with Crippen LogP contribution in [-0.2, 0) is 0 Å². The lowest BCUT2D eigenvalue weighted by atomic mass is 9.93. The van der Waals surface area contributed by atoms with Crippen LogP contribution in [0, 0.1) is 0 Å². The Labute approximate surface area is 277 Å². The van der Waals surface area contributed by atoms with Crippen molar-refractivity contribution in [2.24, 2.45) is 0 Å². The van der Waals surface area contributed by atoms with Crippen LogP contribution in [0.3, 0.4) is 0 Å². The SMILES string of the molecule is C=Cc1c(/C=C\C)c2c3c4sc5ccccc5c4ccc3n(-c3cc(-c4ccccc4)nc(-c4ccccc4)c3)c2c2ccccc12. The molecule has 0 saturated carbocycles. The van der Waals surface area contributed by atoms with Gasteiger partial charge in [0, 0.05) is 47.5 Å². The minimum Gasteiger partial charge on any atom is -0.308 e. The van der Waals surface area contributed by atoms with Crippen molar-refractivity contribution < 1.29 is 0 Å². The first-order valence-corrected chi connectivity index (χ1v) is 16.8. The molecule has 222 valence electrons. The number of thiophene rings is 1. The summed E-state index contributed by atoms with van der Waals surface area (Å²) in [5, 5.41) is 7.52. The van der Waals surface area contributed by atoms with E-state index in [-0.39, 0.29) is 0 Å². The summed E-state index contributed by atoms with van der Waals surface area (Å²) >= 11 is 1.88. The standard InChI is InChI=1S/C44H30N2S/c1-3-15-34-31(4-2)32-20-11-12-22-35(32)43-41(34)42-39(25-24-36-33-21-13-14-23-40(33)47-44(36)42)46(43)30-26-37(28-16-7-5-8-17-28)45-38(27-30)29-18-9-6-10-19-29/h3-27H,2H2,1H3/b15-3-. The fourth-order valence-corrected chi connectivity index (χ4v) is 8.52. The molecule has 0 aliphatic rings. The summed E-state index contributed by atoms with van der Waals surface area (Å²) in [5.41, 5.74) is 9.89. The van der Waals surface area contributed by atoms with E-state index in [0.717, 1.165) is 33.8 Å². The molecular formula is C44H30N2S. The summed E-state index contributed by atoms with van der Waals surface area (Å²) in [7, 11) is 0. The molecule has 9 rings (SSSR count). The minimum absolute atomic E-state index is 0.945. The quantitative estimate of drug-likeness (QED) is 0.188. The number of aromatic nitrogens is 2.